The van der Waals surface area contributed by atoms with Crippen LogP contribution >= 0.6 is 21.6 Å². The first-order chi connectivity index (χ1) is 29.9. The predicted molar refractivity (Wildman–Crippen MR) is 229 cm³/mol. The van der Waals surface area contributed by atoms with E-state index in [1.807, 2.05) is 0 Å². The second-order valence-corrected chi connectivity index (χ2v) is 16.5. The van der Waals surface area contributed by atoms with Gasteiger partial charge < -0.3 is 75.2 Å². The van der Waals surface area contributed by atoms with E-state index in [-0.39, 0.29) is 50.1 Å². The molecule has 5 atom stereocenters. The minimum Gasteiger partial charge on any atom is -0.382 e. The number of nitrogens with one attached hydrogen (secondary N) is 6. The van der Waals surface area contributed by atoms with E-state index in [0.717, 1.165) is 21.6 Å². The van der Waals surface area contributed by atoms with Gasteiger partial charge >= 0.3 is 0 Å². The maximum Gasteiger partial charge on any atom is 0.244 e. The largest absolute Gasteiger partial charge is 0.382 e. The van der Waals surface area contributed by atoms with Gasteiger partial charge in [0.1, 0.15) is 30.2 Å². The Hall–Kier alpha value is -3.59. The van der Waals surface area contributed by atoms with Gasteiger partial charge in [-0.2, -0.15) is 0 Å². The van der Waals surface area contributed by atoms with E-state index >= 15 is 0 Å². The zero-order chi connectivity index (χ0) is 45.4. The molecule has 1 aromatic heterocycles. The first kappa shape index (κ1) is 54.5. The Morgan fingerprint density at radius 2 is 1.23 bits per heavy atom. The second-order valence-electron chi connectivity index (χ2n) is 14.0. The number of nitrogens with two attached hydrogens (primary N) is 1. The molecule has 1 saturated heterocycles. The van der Waals surface area contributed by atoms with Crippen LogP contribution in [0.2, 0.25) is 0 Å². The van der Waals surface area contributed by atoms with Gasteiger partial charge in [-0.05, 0) is 12.8 Å². The number of hydrogen-bond acceptors (Lipinski definition) is 17. The number of hydrogen-bond donors (Lipinski definition) is 7. The molecular weight excluding hydrogens is 857 g/mol. The third-order valence-corrected chi connectivity index (χ3v) is 11.0. The van der Waals surface area contributed by atoms with E-state index < -0.39 is 65.7 Å². The van der Waals surface area contributed by atoms with Crippen molar-refractivity contribution in [2.75, 3.05) is 118 Å². The Balaban J connectivity index is 1.77. The highest BCUT2D eigenvalue weighted by Gasteiger charge is 2.33. The van der Waals surface area contributed by atoms with Crippen molar-refractivity contribution in [2.24, 2.45) is 11.7 Å². The van der Waals surface area contributed by atoms with E-state index in [2.05, 4.69) is 36.6 Å². The van der Waals surface area contributed by atoms with Crippen LogP contribution < -0.4 is 32.3 Å². The summed E-state index contributed by atoms with van der Waals surface area (Å²) >= 11 is 0. The van der Waals surface area contributed by atoms with E-state index in [1.54, 1.807) is 21.0 Å². The molecule has 24 heteroatoms. The molecule has 1 fully saturated rings. The number of rotatable bonds is 29. The Bertz CT molecular complexity index is 1430. The first-order valence-corrected chi connectivity index (χ1v) is 23.0. The molecule has 0 saturated carbocycles. The molecule has 1 aliphatic rings. The average molecular weight is 923 g/mol. The second kappa shape index (κ2) is 33.9. The van der Waals surface area contributed by atoms with E-state index in [4.69, 9.17) is 43.6 Å². The lowest BCUT2D eigenvalue weighted by atomic mass is 10.0. The molecule has 6 amide bonds. The third kappa shape index (κ3) is 24.9. The monoisotopic (exact) mass is 922 g/mol. The number of imidazole rings is 1. The Kier molecular flexibility index (Phi) is 29.8. The number of methoxy groups -OCH3 is 1. The van der Waals surface area contributed by atoms with Gasteiger partial charge in [-0.25, -0.2) is 4.98 Å². The Labute approximate surface area is 370 Å². The van der Waals surface area contributed by atoms with Crippen molar-refractivity contribution in [3.05, 3.63) is 18.2 Å². The van der Waals surface area contributed by atoms with Gasteiger partial charge in [-0.3, -0.25) is 28.8 Å². The van der Waals surface area contributed by atoms with Crippen LogP contribution in [0.4, 0.5) is 0 Å². The first-order valence-electron chi connectivity index (χ1n) is 20.5. The van der Waals surface area contributed by atoms with Crippen LogP contribution in [-0.4, -0.2) is 193 Å². The molecule has 1 aromatic rings. The fraction of sp³-hybridized carbons (Fsp3) is 0.763. The normalized spacial score (nSPS) is 20.8. The number of nitrogens with zero attached hydrogens (tertiary/aromatic N) is 1. The van der Waals surface area contributed by atoms with Crippen molar-refractivity contribution < 1.29 is 66.7 Å². The lowest BCUT2D eigenvalue weighted by Gasteiger charge is -2.26. The van der Waals surface area contributed by atoms with Crippen molar-refractivity contribution in [3.8, 4) is 0 Å². The van der Waals surface area contributed by atoms with Gasteiger partial charge in [-0.15, -0.1) is 0 Å². The summed E-state index contributed by atoms with van der Waals surface area (Å²) < 4.78 is 43.1. The number of carbonyl (C=O) groups is 6. The lowest BCUT2D eigenvalue weighted by molar-refractivity contribution is -0.135. The van der Waals surface area contributed by atoms with Crippen molar-refractivity contribution in [2.45, 2.75) is 63.8 Å². The summed E-state index contributed by atoms with van der Waals surface area (Å²) in [5.74, 6) is -4.26. The van der Waals surface area contributed by atoms with Crippen molar-refractivity contribution in [1.29, 1.82) is 0 Å². The summed E-state index contributed by atoms with van der Waals surface area (Å²) in [6.45, 7) is 10.9. The van der Waals surface area contributed by atoms with Gasteiger partial charge in [0, 0.05) is 43.3 Å². The SMILES string of the molecule is COCCOCCOCCOCCOCCOCCOCCOCCC(=O)N[C@H]1CSSC[C@@H](C(N)=O)NC(=O)C(C(C)C)NC(=O)C(C)NC(=O)[C@H](Cc2cnc[nH]2)NC1=O. The molecule has 0 spiro atoms. The highest BCUT2D eigenvalue weighted by molar-refractivity contribution is 8.76. The average Bonchev–Trinajstić information content (AvgIpc) is 3.75. The van der Waals surface area contributed by atoms with E-state index in [9.17, 15) is 28.8 Å². The minimum atomic E-state index is -1.18. The van der Waals surface area contributed by atoms with Gasteiger partial charge in [0.2, 0.25) is 35.4 Å². The Morgan fingerprint density at radius 1 is 0.710 bits per heavy atom. The zero-order valence-electron chi connectivity index (χ0n) is 36.1. The molecule has 62 heavy (non-hydrogen) atoms. The third-order valence-electron chi connectivity index (χ3n) is 8.61. The Morgan fingerprint density at radius 3 is 1.71 bits per heavy atom. The van der Waals surface area contributed by atoms with Crippen LogP contribution in [0.3, 0.4) is 0 Å². The fourth-order valence-corrected chi connectivity index (χ4v) is 7.50. The molecule has 2 heterocycles. The van der Waals surface area contributed by atoms with Gasteiger partial charge in [0.25, 0.3) is 0 Å². The molecule has 8 N–H and O–H groups in total. The zero-order valence-corrected chi connectivity index (χ0v) is 37.7. The summed E-state index contributed by atoms with van der Waals surface area (Å²) in [5.41, 5.74) is 6.10. The lowest BCUT2D eigenvalue weighted by Crippen LogP contribution is -2.59. The number of amides is 6. The quantitative estimate of drug-likeness (QED) is 0.0341. The van der Waals surface area contributed by atoms with Crippen molar-refractivity contribution in [3.63, 3.8) is 0 Å². The standard InChI is InChI=1S/C38H66N8O14S2/c1-26(2)33-38(52)45-30(34(39)48)23-61-62-24-31(37(51)44-29(21-28-22-40-25-41-28)36(50)42-27(3)35(49)46-33)43-32(47)5-6-54-9-10-56-13-14-58-17-18-60-20-19-59-16-15-57-12-11-55-8-7-53-4/h22,25-27,29-31,33H,5-21,23-24H2,1-4H3,(H2,39,48)(H,40,41)(H,42,50)(H,43,47)(H,44,51)(H,45,52)(H,46,49)/t27?,29-,30-,31-,33?/m0/s1. The summed E-state index contributed by atoms with van der Waals surface area (Å²) in [6.07, 6.45) is 2.82. The van der Waals surface area contributed by atoms with Crippen molar-refractivity contribution >= 4 is 57.0 Å². The molecule has 2 unspecified atom stereocenters. The van der Waals surface area contributed by atoms with Crippen LogP contribution in [0.1, 0.15) is 32.9 Å². The maximum atomic E-state index is 13.7. The molecule has 1 aliphatic heterocycles. The summed E-state index contributed by atoms with van der Waals surface area (Å²) in [4.78, 5) is 85.7. The smallest absolute Gasteiger partial charge is 0.244 e. The van der Waals surface area contributed by atoms with E-state index in [1.165, 1.54) is 19.4 Å². The molecule has 0 aromatic carbocycles. The number of aromatic amines is 1. The minimum absolute atomic E-state index is 0.0102. The summed E-state index contributed by atoms with van der Waals surface area (Å²) in [6, 6.07) is -5.57. The number of H-pyrrole nitrogens is 1. The van der Waals surface area contributed by atoms with Crippen LogP contribution in [0.5, 0.6) is 0 Å². The topological polar surface area (TPSA) is 291 Å². The molecule has 0 radical (unpaired) electrons. The van der Waals surface area contributed by atoms with E-state index in [0.29, 0.717) is 85.0 Å². The van der Waals surface area contributed by atoms with Gasteiger partial charge in [-0.1, -0.05) is 35.4 Å². The van der Waals surface area contributed by atoms with Gasteiger partial charge in [0.05, 0.1) is 105 Å². The van der Waals surface area contributed by atoms with Crippen LogP contribution in [0.25, 0.3) is 0 Å². The predicted octanol–water partition coefficient (Wildman–Crippen LogP) is -1.91. The fourth-order valence-electron chi connectivity index (χ4n) is 5.16. The molecule has 2 rings (SSSR count). The van der Waals surface area contributed by atoms with Crippen LogP contribution in [-0.2, 0) is 73.1 Å². The maximum absolute atomic E-state index is 13.7. The number of carbonyl (C=O) groups excluding carboxylic acids is 6. The van der Waals surface area contributed by atoms with Crippen LogP contribution in [0.15, 0.2) is 12.5 Å². The molecule has 0 aliphatic carbocycles. The van der Waals surface area contributed by atoms with Crippen molar-refractivity contribution in [1.82, 2.24) is 36.6 Å². The molecule has 0 bridgehead atoms. The number of aromatic nitrogens is 2. The van der Waals surface area contributed by atoms with Gasteiger partial charge in [0.15, 0.2) is 0 Å². The molecular formula is C38H66N8O14S2. The molecule has 354 valence electrons. The molecule has 22 nitrogen and oxygen atoms in total. The highest BCUT2D eigenvalue weighted by atomic mass is 33.1. The summed E-state index contributed by atoms with van der Waals surface area (Å²) in [5, 5.41) is 13.2. The van der Waals surface area contributed by atoms with Crippen LogP contribution in [0, 0.1) is 5.92 Å². The highest BCUT2D eigenvalue weighted by Crippen LogP contribution is 2.23. The number of ether oxygens (including phenoxy) is 8. The number of primary amides is 1. The summed E-state index contributed by atoms with van der Waals surface area (Å²) in [7, 11) is 3.92.